The normalized spacial score (nSPS) is 10.5. The number of halogens is 1. The van der Waals surface area contributed by atoms with Crippen LogP contribution in [-0.4, -0.2) is 22.2 Å². The minimum Gasteiger partial charge on any atom is -0.489 e. The van der Waals surface area contributed by atoms with E-state index in [4.69, 9.17) is 16.3 Å². The second kappa shape index (κ2) is 5.99. The van der Waals surface area contributed by atoms with Crippen LogP contribution in [0.1, 0.15) is 23.6 Å². The summed E-state index contributed by atoms with van der Waals surface area (Å²) in [7, 11) is 0. The molecule has 2 aromatic rings. The minimum atomic E-state index is -0.357. The van der Waals surface area contributed by atoms with Gasteiger partial charge in [-0.15, -0.1) is 10.2 Å². The van der Waals surface area contributed by atoms with E-state index >= 15 is 0 Å². The molecule has 1 aromatic carbocycles. The Morgan fingerprint density at radius 3 is 2.74 bits per heavy atom. The van der Waals surface area contributed by atoms with Crippen molar-refractivity contribution in [2.75, 3.05) is 5.32 Å². The van der Waals surface area contributed by atoms with Crippen LogP contribution in [0, 0.1) is 0 Å². The number of rotatable bonds is 4. The van der Waals surface area contributed by atoms with Gasteiger partial charge in [0.1, 0.15) is 5.75 Å². The Hall–Kier alpha value is -1.66. The Morgan fingerprint density at radius 2 is 2.11 bits per heavy atom. The van der Waals surface area contributed by atoms with Gasteiger partial charge >= 0.3 is 0 Å². The number of aromatic nitrogens is 2. The smallest absolute Gasteiger partial charge is 0.286 e. The van der Waals surface area contributed by atoms with Gasteiger partial charge in [-0.2, -0.15) is 0 Å². The van der Waals surface area contributed by atoms with E-state index in [0.717, 1.165) is 11.3 Å². The lowest BCUT2D eigenvalue weighted by molar-refractivity contribution is 0.102. The van der Waals surface area contributed by atoms with Gasteiger partial charge in [0.2, 0.25) is 9.47 Å². The first-order valence-corrected chi connectivity index (χ1v) is 6.81. The van der Waals surface area contributed by atoms with Crippen molar-refractivity contribution in [1.82, 2.24) is 10.2 Å². The van der Waals surface area contributed by atoms with E-state index in [0.29, 0.717) is 11.4 Å². The molecule has 0 saturated carbocycles. The van der Waals surface area contributed by atoms with Crippen LogP contribution in [0.4, 0.5) is 5.69 Å². The zero-order valence-corrected chi connectivity index (χ0v) is 12.0. The highest BCUT2D eigenvalue weighted by molar-refractivity contribution is 7.17. The summed E-state index contributed by atoms with van der Waals surface area (Å²) in [6.45, 7) is 3.84. The van der Waals surface area contributed by atoms with Gasteiger partial charge in [0.25, 0.3) is 5.91 Å². The van der Waals surface area contributed by atoms with Gasteiger partial charge in [-0.1, -0.05) is 23.5 Å². The van der Waals surface area contributed by atoms with Crippen molar-refractivity contribution in [2.45, 2.75) is 20.0 Å². The molecule has 7 heteroatoms. The maximum absolute atomic E-state index is 11.9. The summed E-state index contributed by atoms with van der Waals surface area (Å²) in [5.41, 5.74) is 0.590. The molecular weight excluding hydrogens is 286 g/mol. The number of carbonyl (C=O) groups excluding carboxylic acids is 1. The highest BCUT2D eigenvalue weighted by Gasteiger charge is 2.14. The van der Waals surface area contributed by atoms with Crippen LogP contribution in [0.2, 0.25) is 4.47 Å². The summed E-state index contributed by atoms with van der Waals surface area (Å²) in [5.74, 6) is 0.255. The standard InChI is InChI=1S/C12H12ClN3O2S/c1-7(2)18-9-6-4-3-5-8(9)14-10(17)11-15-16-12(13)19-11/h3-7H,1-2H3,(H,14,17). The van der Waals surface area contributed by atoms with Gasteiger partial charge in [0.15, 0.2) is 0 Å². The molecule has 0 fully saturated rings. The fourth-order valence-corrected chi connectivity index (χ4v) is 2.12. The van der Waals surface area contributed by atoms with Crippen LogP contribution >= 0.6 is 22.9 Å². The summed E-state index contributed by atoms with van der Waals surface area (Å²) in [5, 5.41) is 10.2. The molecule has 19 heavy (non-hydrogen) atoms. The molecule has 0 aliphatic carbocycles. The number of para-hydroxylation sites is 2. The Balaban J connectivity index is 2.16. The Labute approximate surface area is 119 Å². The minimum absolute atomic E-state index is 0.0222. The van der Waals surface area contributed by atoms with Crippen LogP contribution in [0.3, 0.4) is 0 Å². The molecule has 5 nitrogen and oxygen atoms in total. The largest absolute Gasteiger partial charge is 0.489 e. The number of ether oxygens (including phenoxy) is 1. The molecule has 0 saturated heterocycles. The van der Waals surface area contributed by atoms with Crippen molar-refractivity contribution in [1.29, 1.82) is 0 Å². The average Bonchev–Trinajstić information content (AvgIpc) is 2.78. The Morgan fingerprint density at radius 1 is 1.37 bits per heavy atom. The zero-order valence-electron chi connectivity index (χ0n) is 10.4. The van der Waals surface area contributed by atoms with Crippen LogP contribution in [-0.2, 0) is 0 Å². The lowest BCUT2D eigenvalue weighted by atomic mass is 10.3. The van der Waals surface area contributed by atoms with Gasteiger partial charge < -0.3 is 10.1 Å². The number of nitrogens with one attached hydrogen (secondary N) is 1. The second-order valence-electron chi connectivity index (χ2n) is 3.98. The van der Waals surface area contributed by atoms with Crippen LogP contribution < -0.4 is 10.1 Å². The van der Waals surface area contributed by atoms with Crippen molar-refractivity contribution in [3.63, 3.8) is 0 Å². The van der Waals surface area contributed by atoms with E-state index in [1.165, 1.54) is 0 Å². The molecule has 0 atom stereocenters. The van der Waals surface area contributed by atoms with Gasteiger partial charge in [0, 0.05) is 0 Å². The predicted octanol–water partition coefficient (Wildman–Crippen LogP) is 3.23. The topological polar surface area (TPSA) is 64.1 Å². The number of nitrogens with zero attached hydrogens (tertiary/aromatic N) is 2. The quantitative estimate of drug-likeness (QED) is 0.941. The molecule has 1 heterocycles. The SMILES string of the molecule is CC(C)Oc1ccccc1NC(=O)c1nnc(Cl)s1. The molecule has 0 unspecified atom stereocenters. The third kappa shape index (κ3) is 3.65. The molecule has 0 spiro atoms. The zero-order chi connectivity index (χ0) is 13.8. The summed E-state index contributed by atoms with van der Waals surface area (Å²) in [6.07, 6.45) is 0.0222. The first-order valence-electron chi connectivity index (χ1n) is 5.62. The maximum atomic E-state index is 11.9. The first-order chi connectivity index (χ1) is 9.06. The van der Waals surface area contributed by atoms with E-state index in [2.05, 4.69) is 15.5 Å². The van der Waals surface area contributed by atoms with Crippen molar-refractivity contribution in [3.8, 4) is 5.75 Å². The van der Waals surface area contributed by atoms with Gasteiger partial charge in [-0.05, 0) is 37.6 Å². The highest BCUT2D eigenvalue weighted by Crippen LogP contribution is 2.26. The lowest BCUT2D eigenvalue weighted by Gasteiger charge is -2.14. The number of anilines is 1. The number of amides is 1. The molecular formula is C12H12ClN3O2S. The van der Waals surface area contributed by atoms with Crippen molar-refractivity contribution in [3.05, 3.63) is 33.7 Å². The molecule has 100 valence electrons. The van der Waals surface area contributed by atoms with E-state index < -0.39 is 0 Å². The van der Waals surface area contributed by atoms with Crippen LogP contribution in [0.5, 0.6) is 5.75 Å². The summed E-state index contributed by atoms with van der Waals surface area (Å²) < 4.78 is 5.85. The number of benzene rings is 1. The molecule has 0 bridgehead atoms. The van der Waals surface area contributed by atoms with Crippen molar-refractivity contribution >= 4 is 34.5 Å². The van der Waals surface area contributed by atoms with Crippen LogP contribution in [0.25, 0.3) is 0 Å². The summed E-state index contributed by atoms with van der Waals surface area (Å²) in [4.78, 5) is 11.9. The number of hydrogen-bond donors (Lipinski definition) is 1. The number of carbonyl (C=O) groups is 1. The lowest BCUT2D eigenvalue weighted by Crippen LogP contribution is -2.14. The molecule has 1 N–H and O–H groups in total. The Kier molecular flexibility index (Phi) is 4.34. The molecule has 0 radical (unpaired) electrons. The van der Waals surface area contributed by atoms with E-state index in [9.17, 15) is 4.79 Å². The molecule has 0 aliphatic rings. The average molecular weight is 298 g/mol. The van der Waals surface area contributed by atoms with E-state index in [1.807, 2.05) is 26.0 Å². The second-order valence-corrected chi connectivity index (χ2v) is 5.54. The number of hydrogen-bond acceptors (Lipinski definition) is 5. The first kappa shape index (κ1) is 13.8. The van der Waals surface area contributed by atoms with E-state index in [-0.39, 0.29) is 21.5 Å². The molecule has 1 aromatic heterocycles. The van der Waals surface area contributed by atoms with Crippen molar-refractivity contribution < 1.29 is 9.53 Å². The van der Waals surface area contributed by atoms with Gasteiger partial charge in [-0.25, -0.2) is 0 Å². The molecule has 0 aliphatic heterocycles. The predicted molar refractivity (Wildman–Crippen MR) is 75.1 cm³/mol. The fourth-order valence-electron chi connectivity index (χ4n) is 1.40. The third-order valence-electron chi connectivity index (χ3n) is 2.09. The van der Waals surface area contributed by atoms with Gasteiger partial charge in [-0.3, -0.25) is 4.79 Å². The molecule has 2 rings (SSSR count). The van der Waals surface area contributed by atoms with Crippen LogP contribution in [0.15, 0.2) is 24.3 Å². The third-order valence-corrected chi connectivity index (χ3v) is 3.11. The summed E-state index contributed by atoms with van der Waals surface area (Å²) in [6, 6.07) is 7.21. The van der Waals surface area contributed by atoms with E-state index in [1.54, 1.807) is 12.1 Å². The Bertz CT molecular complexity index is 586. The summed E-state index contributed by atoms with van der Waals surface area (Å²) >= 11 is 6.67. The molecule has 1 amide bonds. The van der Waals surface area contributed by atoms with Crippen molar-refractivity contribution in [2.24, 2.45) is 0 Å². The van der Waals surface area contributed by atoms with Gasteiger partial charge in [0.05, 0.1) is 11.8 Å². The monoisotopic (exact) mass is 297 g/mol. The fraction of sp³-hybridized carbons (Fsp3) is 0.250. The maximum Gasteiger partial charge on any atom is 0.286 e. The highest BCUT2D eigenvalue weighted by atomic mass is 35.5.